The van der Waals surface area contributed by atoms with Gasteiger partial charge < -0.3 is 15.4 Å². The van der Waals surface area contributed by atoms with Crippen molar-refractivity contribution in [3.63, 3.8) is 0 Å². The minimum Gasteiger partial charge on any atom is -0.373 e. The van der Waals surface area contributed by atoms with E-state index in [0.29, 0.717) is 5.95 Å². The van der Waals surface area contributed by atoms with Crippen LogP contribution in [0.2, 0.25) is 0 Å². The molecule has 5 nitrogen and oxygen atoms in total. The van der Waals surface area contributed by atoms with Gasteiger partial charge in [0.2, 0.25) is 5.95 Å². The summed E-state index contributed by atoms with van der Waals surface area (Å²) in [6, 6.07) is 1.88. The van der Waals surface area contributed by atoms with Gasteiger partial charge in [-0.3, -0.25) is 0 Å². The Morgan fingerprint density at radius 1 is 1.44 bits per heavy atom. The van der Waals surface area contributed by atoms with Crippen molar-refractivity contribution in [2.45, 2.75) is 38.7 Å². The first-order valence-corrected chi connectivity index (χ1v) is 6.67. The molecule has 1 aromatic rings. The van der Waals surface area contributed by atoms with Crippen molar-refractivity contribution in [3.8, 4) is 0 Å². The molecule has 1 fully saturated rings. The molecular formula is C13H22N4O. The third-order valence-corrected chi connectivity index (χ3v) is 3.13. The van der Waals surface area contributed by atoms with Gasteiger partial charge >= 0.3 is 0 Å². The summed E-state index contributed by atoms with van der Waals surface area (Å²) in [6.45, 7) is 6.81. The Bertz CT molecular complexity index is 377. The Balaban J connectivity index is 1.88. The van der Waals surface area contributed by atoms with E-state index in [-0.39, 0.29) is 5.60 Å². The Morgan fingerprint density at radius 3 is 3.06 bits per heavy atom. The SMILES string of the molecule is CCCNc1nccc(NCC2(C)CCCO2)n1. The Labute approximate surface area is 108 Å². The average molecular weight is 250 g/mol. The van der Waals surface area contributed by atoms with Crippen LogP contribution in [0.25, 0.3) is 0 Å². The molecule has 1 aliphatic heterocycles. The molecule has 2 rings (SSSR count). The molecule has 0 spiro atoms. The molecule has 2 heterocycles. The summed E-state index contributed by atoms with van der Waals surface area (Å²) in [5.74, 6) is 1.53. The summed E-state index contributed by atoms with van der Waals surface area (Å²) in [5, 5.41) is 6.51. The van der Waals surface area contributed by atoms with Gasteiger partial charge in [0.15, 0.2) is 0 Å². The lowest BCUT2D eigenvalue weighted by molar-refractivity contribution is 0.0315. The van der Waals surface area contributed by atoms with Crippen molar-refractivity contribution in [3.05, 3.63) is 12.3 Å². The standard InChI is InChI=1S/C13H22N4O/c1-3-7-14-12-15-8-5-11(17-12)16-10-13(2)6-4-9-18-13/h5,8H,3-4,6-7,9-10H2,1-2H3,(H2,14,15,16,17). The fourth-order valence-corrected chi connectivity index (χ4v) is 2.03. The van der Waals surface area contributed by atoms with Gasteiger partial charge in [-0.25, -0.2) is 4.98 Å². The van der Waals surface area contributed by atoms with E-state index in [9.17, 15) is 0 Å². The lowest BCUT2D eigenvalue weighted by atomic mass is 10.0. The van der Waals surface area contributed by atoms with E-state index >= 15 is 0 Å². The first-order chi connectivity index (χ1) is 8.72. The highest BCUT2D eigenvalue weighted by Crippen LogP contribution is 2.25. The van der Waals surface area contributed by atoms with Gasteiger partial charge in [0.1, 0.15) is 5.82 Å². The number of nitrogens with one attached hydrogen (secondary N) is 2. The fourth-order valence-electron chi connectivity index (χ4n) is 2.03. The lowest BCUT2D eigenvalue weighted by Gasteiger charge is -2.23. The largest absolute Gasteiger partial charge is 0.373 e. The second-order valence-electron chi connectivity index (χ2n) is 4.95. The third kappa shape index (κ3) is 3.57. The van der Waals surface area contributed by atoms with Crippen LogP contribution in [0.1, 0.15) is 33.1 Å². The molecule has 1 aliphatic rings. The van der Waals surface area contributed by atoms with Crippen molar-refractivity contribution < 1.29 is 4.74 Å². The summed E-state index contributed by atoms with van der Waals surface area (Å²) in [4.78, 5) is 8.59. The highest BCUT2D eigenvalue weighted by Gasteiger charge is 2.29. The Hall–Kier alpha value is -1.36. The van der Waals surface area contributed by atoms with Gasteiger partial charge in [-0.05, 0) is 32.3 Å². The quantitative estimate of drug-likeness (QED) is 0.811. The average Bonchev–Trinajstić information content (AvgIpc) is 2.82. The molecule has 18 heavy (non-hydrogen) atoms. The van der Waals surface area contributed by atoms with E-state index in [1.165, 1.54) is 0 Å². The number of aromatic nitrogens is 2. The number of rotatable bonds is 6. The summed E-state index contributed by atoms with van der Waals surface area (Å²) in [5.41, 5.74) is -0.0536. The summed E-state index contributed by atoms with van der Waals surface area (Å²) in [6.07, 6.45) is 5.08. The second kappa shape index (κ2) is 6.00. The molecule has 0 aliphatic carbocycles. The molecule has 0 radical (unpaired) electrons. The van der Waals surface area contributed by atoms with Crippen molar-refractivity contribution in [2.24, 2.45) is 0 Å². The van der Waals surface area contributed by atoms with Crippen LogP contribution in [-0.2, 0) is 4.74 Å². The molecule has 5 heteroatoms. The highest BCUT2D eigenvalue weighted by molar-refractivity contribution is 5.39. The van der Waals surface area contributed by atoms with E-state index in [1.807, 2.05) is 6.07 Å². The number of anilines is 2. The van der Waals surface area contributed by atoms with Crippen LogP contribution in [-0.4, -0.2) is 35.3 Å². The zero-order valence-corrected chi connectivity index (χ0v) is 11.2. The monoisotopic (exact) mass is 250 g/mol. The number of hydrogen-bond donors (Lipinski definition) is 2. The van der Waals surface area contributed by atoms with Crippen molar-refractivity contribution in [1.29, 1.82) is 0 Å². The Kier molecular flexibility index (Phi) is 4.36. The van der Waals surface area contributed by atoms with Gasteiger partial charge in [-0.15, -0.1) is 0 Å². The summed E-state index contributed by atoms with van der Waals surface area (Å²) < 4.78 is 5.74. The van der Waals surface area contributed by atoms with Crippen LogP contribution in [0, 0.1) is 0 Å². The van der Waals surface area contributed by atoms with Gasteiger partial charge in [0, 0.05) is 25.9 Å². The van der Waals surface area contributed by atoms with E-state index in [0.717, 1.165) is 44.8 Å². The maximum Gasteiger partial charge on any atom is 0.224 e. The van der Waals surface area contributed by atoms with Crippen LogP contribution >= 0.6 is 0 Å². The first-order valence-electron chi connectivity index (χ1n) is 6.67. The van der Waals surface area contributed by atoms with Crippen LogP contribution in [0.5, 0.6) is 0 Å². The normalized spacial score (nSPS) is 23.0. The molecule has 1 atom stereocenters. The molecule has 2 N–H and O–H groups in total. The van der Waals surface area contributed by atoms with E-state index in [4.69, 9.17) is 4.74 Å². The van der Waals surface area contributed by atoms with Gasteiger partial charge in [-0.2, -0.15) is 4.98 Å². The van der Waals surface area contributed by atoms with Crippen molar-refractivity contribution in [1.82, 2.24) is 9.97 Å². The number of hydrogen-bond acceptors (Lipinski definition) is 5. The van der Waals surface area contributed by atoms with E-state index in [2.05, 4.69) is 34.4 Å². The first kappa shape index (κ1) is 13.1. The van der Waals surface area contributed by atoms with Gasteiger partial charge in [0.25, 0.3) is 0 Å². The minimum absolute atomic E-state index is 0.0536. The van der Waals surface area contributed by atoms with Crippen molar-refractivity contribution >= 4 is 11.8 Å². The molecular weight excluding hydrogens is 228 g/mol. The molecule has 0 bridgehead atoms. The Morgan fingerprint density at radius 2 is 2.33 bits per heavy atom. The van der Waals surface area contributed by atoms with E-state index in [1.54, 1.807) is 6.20 Å². The topological polar surface area (TPSA) is 59.1 Å². The van der Waals surface area contributed by atoms with Crippen LogP contribution in [0.4, 0.5) is 11.8 Å². The lowest BCUT2D eigenvalue weighted by Crippen LogP contribution is -2.32. The smallest absolute Gasteiger partial charge is 0.224 e. The predicted molar refractivity (Wildman–Crippen MR) is 72.9 cm³/mol. The molecule has 0 amide bonds. The molecule has 1 aromatic heterocycles. The summed E-state index contributed by atoms with van der Waals surface area (Å²) in [7, 11) is 0. The second-order valence-corrected chi connectivity index (χ2v) is 4.95. The molecule has 0 saturated carbocycles. The molecule has 0 aromatic carbocycles. The van der Waals surface area contributed by atoms with Crippen LogP contribution < -0.4 is 10.6 Å². The molecule has 100 valence electrons. The van der Waals surface area contributed by atoms with Crippen molar-refractivity contribution in [2.75, 3.05) is 30.3 Å². The van der Waals surface area contributed by atoms with Gasteiger partial charge in [0.05, 0.1) is 5.60 Å². The van der Waals surface area contributed by atoms with E-state index < -0.39 is 0 Å². The highest BCUT2D eigenvalue weighted by atomic mass is 16.5. The number of ether oxygens (including phenoxy) is 1. The van der Waals surface area contributed by atoms with Crippen LogP contribution in [0.15, 0.2) is 12.3 Å². The zero-order valence-electron chi connectivity index (χ0n) is 11.2. The molecule has 1 unspecified atom stereocenters. The van der Waals surface area contributed by atoms with Crippen LogP contribution in [0.3, 0.4) is 0 Å². The summed E-state index contributed by atoms with van der Waals surface area (Å²) >= 11 is 0. The maximum absolute atomic E-state index is 5.74. The zero-order chi connectivity index (χ0) is 12.8. The minimum atomic E-state index is -0.0536. The fraction of sp³-hybridized carbons (Fsp3) is 0.692. The third-order valence-electron chi connectivity index (χ3n) is 3.13. The van der Waals surface area contributed by atoms with Gasteiger partial charge in [-0.1, -0.05) is 6.92 Å². The molecule has 1 saturated heterocycles. The maximum atomic E-state index is 5.74. The number of nitrogens with zero attached hydrogens (tertiary/aromatic N) is 2. The predicted octanol–water partition coefficient (Wildman–Crippen LogP) is 2.28.